The molecule has 2 rings (SSSR count). The van der Waals surface area contributed by atoms with E-state index in [1.807, 2.05) is 6.07 Å². The Bertz CT molecular complexity index is 397. The van der Waals surface area contributed by atoms with Crippen molar-refractivity contribution in [2.75, 3.05) is 7.11 Å². The van der Waals surface area contributed by atoms with Gasteiger partial charge in [-0.25, -0.2) is 4.79 Å². The third kappa shape index (κ3) is 2.76. The third-order valence-corrected chi connectivity index (χ3v) is 3.34. The quantitative estimate of drug-likeness (QED) is 0.751. The monoisotopic (exact) mass is 238 g/mol. The highest BCUT2D eigenvalue weighted by Crippen LogP contribution is 2.34. The van der Waals surface area contributed by atoms with E-state index < -0.39 is 0 Å². The summed E-state index contributed by atoms with van der Waals surface area (Å²) < 4.78 is 4.64. The first kappa shape index (κ1) is 11.5. The number of carbonyl (C=O) groups excluding carboxylic acids is 1. The first-order valence-electron chi connectivity index (χ1n) is 5.57. The Balaban J connectivity index is 2.05. The number of hydrogen-bond donors (Lipinski definition) is 0. The molecule has 0 atom stereocenters. The van der Waals surface area contributed by atoms with Crippen LogP contribution >= 0.6 is 11.6 Å². The molecule has 1 aliphatic rings. The molecule has 1 aromatic carbocycles. The van der Waals surface area contributed by atoms with Gasteiger partial charge in [0.05, 0.1) is 12.7 Å². The van der Waals surface area contributed by atoms with Crippen molar-refractivity contribution >= 4 is 17.6 Å². The second-order valence-electron chi connectivity index (χ2n) is 4.28. The molecule has 0 bridgehead atoms. The molecule has 1 aromatic rings. The van der Waals surface area contributed by atoms with Crippen LogP contribution in [0.4, 0.5) is 0 Å². The average molecular weight is 239 g/mol. The fourth-order valence-electron chi connectivity index (χ4n) is 1.76. The molecule has 3 heteroatoms. The molecule has 0 aromatic heterocycles. The van der Waals surface area contributed by atoms with E-state index in [4.69, 9.17) is 11.6 Å². The normalized spacial score (nSPS) is 14.9. The molecule has 0 spiro atoms. The van der Waals surface area contributed by atoms with Gasteiger partial charge in [0.1, 0.15) is 0 Å². The Hall–Kier alpha value is -1.02. The first-order chi connectivity index (χ1) is 7.70. The van der Waals surface area contributed by atoms with Gasteiger partial charge in [0, 0.05) is 5.02 Å². The van der Waals surface area contributed by atoms with Crippen LogP contribution < -0.4 is 0 Å². The Labute approximate surface area is 101 Å². The minimum absolute atomic E-state index is 0.337. The standard InChI is InChI=1S/C13H15ClO2/c1-16-13(15)11-7-6-10(12(14)8-11)5-4-9-2-3-9/h6-9H,2-5H2,1H3. The predicted molar refractivity (Wildman–Crippen MR) is 63.8 cm³/mol. The van der Waals surface area contributed by atoms with Crippen molar-refractivity contribution in [2.45, 2.75) is 25.7 Å². The number of methoxy groups -OCH3 is 1. The van der Waals surface area contributed by atoms with Crippen molar-refractivity contribution < 1.29 is 9.53 Å². The summed E-state index contributed by atoms with van der Waals surface area (Å²) in [5, 5.41) is 0.670. The third-order valence-electron chi connectivity index (χ3n) is 2.99. The number of halogens is 1. The Morgan fingerprint density at radius 1 is 1.50 bits per heavy atom. The van der Waals surface area contributed by atoms with E-state index in [1.165, 1.54) is 26.4 Å². The number of aryl methyl sites for hydroxylation is 1. The summed E-state index contributed by atoms with van der Waals surface area (Å²) in [5.41, 5.74) is 1.64. The highest BCUT2D eigenvalue weighted by molar-refractivity contribution is 6.31. The maximum atomic E-state index is 11.3. The van der Waals surface area contributed by atoms with Crippen LogP contribution in [0.2, 0.25) is 5.02 Å². The molecule has 0 N–H and O–H groups in total. The summed E-state index contributed by atoms with van der Waals surface area (Å²) in [6.45, 7) is 0. The summed E-state index contributed by atoms with van der Waals surface area (Å²) >= 11 is 6.13. The molecule has 0 saturated heterocycles. The summed E-state index contributed by atoms with van der Waals surface area (Å²) in [6, 6.07) is 5.40. The van der Waals surface area contributed by atoms with Gasteiger partial charge >= 0.3 is 5.97 Å². The summed E-state index contributed by atoms with van der Waals surface area (Å²) in [4.78, 5) is 11.3. The van der Waals surface area contributed by atoms with E-state index in [1.54, 1.807) is 12.1 Å². The largest absolute Gasteiger partial charge is 0.465 e. The maximum Gasteiger partial charge on any atom is 0.337 e. The van der Waals surface area contributed by atoms with Crippen molar-refractivity contribution in [1.29, 1.82) is 0 Å². The van der Waals surface area contributed by atoms with Gasteiger partial charge in [-0.3, -0.25) is 0 Å². The molecule has 0 radical (unpaired) electrons. The number of hydrogen-bond acceptors (Lipinski definition) is 2. The van der Waals surface area contributed by atoms with E-state index in [2.05, 4.69) is 4.74 Å². The van der Waals surface area contributed by atoms with E-state index in [0.717, 1.165) is 17.9 Å². The fraction of sp³-hybridized carbons (Fsp3) is 0.462. The molecule has 0 unspecified atom stereocenters. The van der Waals surface area contributed by atoms with Gasteiger partial charge in [-0.1, -0.05) is 30.5 Å². The van der Waals surface area contributed by atoms with Crippen LogP contribution in [0.1, 0.15) is 35.2 Å². The molecule has 86 valence electrons. The number of esters is 1. The maximum absolute atomic E-state index is 11.3. The Morgan fingerprint density at radius 3 is 2.81 bits per heavy atom. The Kier molecular flexibility index (Phi) is 3.49. The van der Waals surface area contributed by atoms with Gasteiger partial charge in [0.25, 0.3) is 0 Å². The zero-order chi connectivity index (χ0) is 11.5. The van der Waals surface area contributed by atoms with Gasteiger partial charge in [0.15, 0.2) is 0 Å². The highest BCUT2D eigenvalue weighted by Gasteiger charge is 2.21. The lowest BCUT2D eigenvalue weighted by atomic mass is 10.1. The fourth-order valence-corrected chi connectivity index (χ4v) is 2.04. The summed E-state index contributed by atoms with van der Waals surface area (Å²) in [7, 11) is 1.37. The van der Waals surface area contributed by atoms with Crippen molar-refractivity contribution in [3.63, 3.8) is 0 Å². The zero-order valence-corrected chi connectivity index (χ0v) is 10.1. The van der Waals surface area contributed by atoms with Crippen LogP contribution in [-0.2, 0) is 11.2 Å². The molecular weight excluding hydrogens is 224 g/mol. The van der Waals surface area contributed by atoms with E-state index in [0.29, 0.717) is 10.6 Å². The minimum atomic E-state index is -0.337. The Morgan fingerprint density at radius 2 is 2.25 bits per heavy atom. The van der Waals surface area contributed by atoms with E-state index >= 15 is 0 Å². The second kappa shape index (κ2) is 4.88. The molecule has 0 aliphatic heterocycles. The predicted octanol–water partition coefficient (Wildman–Crippen LogP) is 3.47. The molecule has 2 nitrogen and oxygen atoms in total. The molecule has 0 heterocycles. The van der Waals surface area contributed by atoms with E-state index in [-0.39, 0.29) is 5.97 Å². The van der Waals surface area contributed by atoms with Crippen LogP contribution in [0, 0.1) is 5.92 Å². The van der Waals surface area contributed by atoms with Gasteiger partial charge < -0.3 is 4.74 Å². The topological polar surface area (TPSA) is 26.3 Å². The molecule has 1 fully saturated rings. The van der Waals surface area contributed by atoms with E-state index in [9.17, 15) is 4.79 Å². The number of ether oxygens (including phenoxy) is 1. The number of rotatable bonds is 4. The van der Waals surface area contributed by atoms with Crippen molar-refractivity contribution in [3.05, 3.63) is 34.3 Å². The molecule has 0 amide bonds. The van der Waals surface area contributed by atoms with Crippen LogP contribution in [0.3, 0.4) is 0 Å². The van der Waals surface area contributed by atoms with Gasteiger partial charge in [-0.2, -0.15) is 0 Å². The smallest absolute Gasteiger partial charge is 0.337 e. The zero-order valence-electron chi connectivity index (χ0n) is 9.33. The van der Waals surface area contributed by atoms with Gasteiger partial charge in [-0.05, 0) is 36.5 Å². The van der Waals surface area contributed by atoms with Crippen LogP contribution in [0.15, 0.2) is 18.2 Å². The lowest BCUT2D eigenvalue weighted by molar-refractivity contribution is 0.0600. The van der Waals surface area contributed by atoms with Crippen molar-refractivity contribution in [2.24, 2.45) is 5.92 Å². The first-order valence-corrected chi connectivity index (χ1v) is 5.95. The average Bonchev–Trinajstić information content (AvgIpc) is 3.10. The van der Waals surface area contributed by atoms with Crippen LogP contribution in [0.25, 0.3) is 0 Å². The number of carbonyl (C=O) groups is 1. The van der Waals surface area contributed by atoms with Gasteiger partial charge in [-0.15, -0.1) is 0 Å². The molecule has 1 saturated carbocycles. The summed E-state index contributed by atoms with van der Waals surface area (Å²) in [5.74, 6) is 0.562. The lowest BCUT2D eigenvalue weighted by Gasteiger charge is -2.05. The SMILES string of the molecule is COC(=O)c1ccc(CCC2CC2)c(Cl)c1. The van der Waals surface area contributed by atoms with Crippen LogP contribution in [-0.4, -0.2) is 13.1 Å². The second-order valence-corrected chi connectivity index (χ2v) is 4.69. The molecule has 16 heavy (non-hydrogen) atoms. The molecular formula is C13H15ClO2. The van der Waals surface area contributed by atoms with Crippen LogP contribution in [0.5, 0.6) is 0 Å². The number of benzene rings is 1. The summed E-state index contributed by atoms with van der Waals surface area (Å²) in [6.07, 6.45) is 4.93. The van der Waals surface area contributed by atoms with Gasteiger partial charge in [0.2, 0.25) is 0 Å². The highest BCUT2D eigenvalue weighted by atomic mass is 35.5. The minimum Gasteiger partial charge on any atom is -0.465 e. The van der Waals surface area contributed by atoms with Crippen molar-refractivity contribution in [3.8, 4) is 0 Å². The molecule has 1 aliphatic carbocycles. The van der Waals surface area contributed by atoms with Crippen molar-refractivity contribution in [1.82, 2.24) is 0 Å². The lowest BCUT2D eigenvalue weighted by Crippen LogP contribution is -2.01.